The number of rotatable bonds is 6. The van der Waals surface area contributed by atoms with E-state index in [-0.39, 0.29) is 29.2 Å². The summed E-state index contributed by atoms with van der Waals surface area (Å²) in [6.45, 7) is 13.5. The Balaban J connectivity index is 1.43. The fraction of sp³-hybridized carbons (Fsp3) is 0.871. The molecule has 6 heteroatoms. The second kappa shape index (κ2) is 9.45. The zero-order valence-corrected chi connectivity index (χ0v) is 23.8. The minimum absolute atomic E-state index is 0.0188. The Hall–Kier alpha value is -1.24. The van der Waals surface area contributed by atoms with E-state index in [2.05, 4.69) is 33.8 Å². The lowest BCUT2D eigenvalue weighted by Crippen LogP contribution is -2.63. The van der Waals surface area contributed by atoms with Crippen LogP contribution in [0.5, 0.6) is 0 Å². The summed E-state index contributed by atoms with van der Waals surface area (Å²) in [6.07, 6.45) is 9.95. The van der Waals surface area contributed by atoms with Crippen LogP contribution in [0.2, 0.25) is 0 Å². The normalized spacial score (nSPS) is 43.6. The molecular formula is C31H48O6. The number of Topliss-reactive ketones (excluding diaryl/α,β-unsaturated/α-hetero) is 1. The van der Waals surface area contributed by atoms with Crippen LogP contribution in [0.25, 0.3) is 0 Å². The number of hydrogen-bond donors (Lipinski definition) is 1. The molecule has 1 heterocycles. The lowest BCUT2D eigenvalue weighted by molar-refractivity contribution is -0.259. The van der Waals surface area contributed by atoms with Crippen molar-refractivity contribution in [3.8, 4) is 0 Å². The van der Waals surface area contributed by atoms with Gasteiger partial charge >= 0.3 is 5.97 Å². The van der Waals surface area contributed by atoms with Gasteiger partial charge in [-0.2, -0.15) is 0 Å². The molecule has 6 nitrogen and oxygen atoms in total. The van der Waals surface area contributed by atoms with Gasteiger partial charge in [0.15, 0.2) is 11.6 Å². The highest BCUT2D eigenvalue weighted by atomic mass is 16.7. The van der Waals surface area contributed by atoms with Crippen LogP contribution in [-0.2, 0) is 23.8 Å². The zero-order chi connectivity index (χ0) is 26.8. The van der Waals surface area contributed by atoms with Gasteiger partial charge in [0.1, 0.15) is 11.7 Å². The maximum atomic E-state index is 13.9. The summed E-state index contributed by atoms with van der Waals surface area (Å²) >= 11 is 0. The van der Waals surface area contributed by atoms with Crippen LogP contribution >= 0.6 is 0 Å². The van der Waals surface area contributed by atoms with Crippen LogP contribution in [0.3, 0.4) is 0 Å². The highest BCUT2D eigenvalue weighted by molar-refractivity contribution is 5.91. The fourth-order valence-corrected chi connectivity index (χ4v) is 9.43. The number of ether oxygens (including phenoxy) is 3. The molecule has 0 bridgehead atoms. The topological polar surface area (TPSA) is 82.1 Å². The van der Waals surface area contributed by atoms with Gasteiger partial charge in [0.2, 0.25) is 0 Å². The lowest BCUT2D eigenvalue weighted by atomic mass is 9.46. The molecule has 1 N–H and O–H groups in total. The average molecular weight is 517 g/mol. The zero-order valence-electron chi connectivity index (χ0n) is 23.8. The molecule has 4 aliphatic carbocycles. The van der Waals surface area contributed by atoms with E-state index in [1.54, 1.807) is 0 Å². The maximum Gasteiger partial charge on any atom is 0.302 e. The van der Waals surface area contributed by atoms with Crippen molar-refractivity contribution in [3.05, 3.63) is 11.6 Å². The first-order valence-corrected chi connectivity index (χ1v) is 14.8. The summed E-state index contributed by atoms with van der Waals surface area (Å²) in [7, 11) is 0. The monoisotopic (exact) mass is 516 g/mol. The summed E-state index contributed by atoms with van der Waals surface area (Å²) in [5.41, 5.74) is -0.446. The number of carbonyl (C=O) groups is 2. The van der Waals surface area contributed by atoms with E-state index in [0.29, 0.717) is 43.8 Å². The maximum absolute atomic E-state index is 13.9. The number of ketones is 1. The van der Waals surface area contributed by atoms with Crippen molar-refractivity contribution in [3.63, 3.8) is 0 Å². The molecule has 5 aliphatic rings. The van der Waals surface area contributed by atoms with E-state index < -0.39 is 22.7 Å². The summed E-state index contributed by atoms with van der Waals surface area (Å²) in [5.74, 6) is -0.0392. The Morgan fingerprint density at radius 1 is 1.11 bits per heavy atom. The van der Waals surface area contributed by atoms with Crippen LogP contribution in [-0.4, -0.2) is 47.6 Å². The second-order valence-corrected chi connectivity index (χ2v) is 13.7. The van der Waals surface area contributed by atoms with Crippen molar-refractivity contribution in [2.24, 2.45) is 40.4 Å². The lowest BCUT2D eigenvalue weighted by Gasteiger charge is -2.59. The van der Waals surface area contributed by atoms with Gasteiger partial charge in [-0.25, -0.2) is 0 Å². The molecule has 0 unspecified atom stereocenters. The van der Waals surface area contributed by atoms with Gasteiger partial charge in [0.05, 0.1) is 13.2 Å². The molecule has 1 saturated heterocycles. The van der Waals surface area contributed by atoms with Crippen molar-refractivity contribution < 1.29 is 28.9 Å². The van der Waals surface area contributed by atoms with E-state index >= 15 is 0 Å². The van der Waals surface area contributed by atoms with E-state index in [9.17, 15) is 14.7 Å². The predicted octanol–water partition coefficient (Wildman–Crippen LogP) is 5.61. The fourth-order valence-electron chi connectivity index (χ4n) is 9.43. The molecule has 0 radical (unpaired) electrons. The molecule has 8 atom stereocenters. The molecule has 0 spiro atoms. The van der Waals surface area contributed by atoms with Crippen LogP contribution in [0, 0.1) is 40.4 Å². The molecule has 0 aromatic heterocycles. The first kappa shape index (κ1) is 27.3. The van der Waals surface area contributed by atoms with Gasteiger partial charge in [-0.3, -0.25) is 9.59 Å². The molecule has 0 aromatic rings. The largest absolute Gasteiger partial charge is 0.462 e. The first-order chi connectivity index (χ1) is 17.4. The Morgan fingerprint density at radius 2 is 1.81 bits per heavy atom. The van der Waals surface area contributed by atoms with E-state index in [1.165, 1.54) is 12.5 Å². The van der Waals surface area contributed by atoms with Crippen LogP contribution in [0.1, 0.15) is 99.3 Å². The highest BCUT2D eigenvalue weighted by Crippen LogP contribution is 2.68. The van der Waals surface area contributed by atoms with Crippen molar-refractivity contribution in [1.82, 2.24) is 0 Å². The molecule has 208 valence electrons. The number of hydrogen-bond acceptors (Lipinski definition) is 6. The summed E-state index contributed by atoms with van der Waals surface area (Å²) < 4.78 is 18.1. The van der Waals surface area contributed by atoms with Gasteiger partial charge in [-0.1, -0.05) is 46.3 Å². The number of esters is 1. The SMILES string of the molecule is CC(=O)O[C@H]1CC[C@@]2(C)C(=CC[C@@H]3[C@@H]2CC[C@@]2(C)[C@H]3CC(=O)[C@]2(O)[C@H](C)C2(CCC(C)C)OCCO2)C1. The van der Waals surface area contributed by atoms with Crippen molar-refractivity contribution >= 4 is 11.8 Å². The molecular weight excluding hydrogens is 468 g/mol. The summed E-state index contributed by atoms with van der Waals surface area (Å²) in [5, 5.41) is 12.5. The molecule has 3 saturated carbocycles. The molecule has 1 aliphatic heterocycles. The number of carbonyl (C=O) groups excluding carboxylic acids is 2. The number of fused-ring (bicyclic) bond motifs is 5. The van der Waals surface area contributed by atoms with Gasteiger partial charge in [-0.15, -0.1) is 0 Å². The Kier molecular flexibility index (Phi) is 6.98. The van der Waals surface area contributed by atoms with Crippen LogP contribution in [0.15, 0.2) is 11.6 Å². The van der Waals surface area contributed by atoms with Crippen molar-refractivity contribution in [2.45, 2.75) is 117 Å². The Labute approximate surface area is 222 Å². The van der Waals surface area contributed by atoms with Gasteiger partial charge in [0, 0.05) is 37.5 Å². The van der Waals surface area contributed by atoms with Crippen molar-refractivity contribution in [2.75, 3.05) is 13.2 Å². The van der Waals surface area contributed by atoms with Crippen molar-refractivity contribution in [1.29, 1.82) is 0 Å². The van der Waals surface area contributed by atoms with Gasteiger partial charge in [0.25, 0.3) is 0 Å². The quantitative estimate of drug-likeness (QED) is 0.365. The van der Waals surface area contributed by atoms with Gasteiger partial charge < -0.3 is 19.3 Å². The van der Waals surface area contributed by atoms with E-state index in [1.807, 2.05) is 6.92 Å². The average Bonchev–Trinajstić information content (AvgIpc) is 3.40. The molecule has 5 rings (SSSR count). The van der Waals surface area contributed by atoms with Crippen LogP contribution < -0.4 is 0 Å². The minimum Gasteiger partial charge on any atom is -0.462 e. The molecule has 4 fully saturated rings. The van der Waals surface area contributed by atoms with Gasteiger partial charge in [-0.05, 0) is 67.6 Å². The summed E-state index contributed by atoms with van der Waals surface area (Å²) in [6, 6.07) is 0. The Bertz CT molecular complexity index is 949. The minimum atomic E-state index is -1.46. The standard InChI is InChI=1S/C31H48O6/c1-19(2)9-14-30(35-15-16-36-30)20(3)31(34)27(33)18-26-24-8-7-22-17-23(37-21(4)32)10-12-28(22,5)25(24)11-13-29(26,31)6/h7,19-20,23-26,34H,8-18H2,1-6H3/t20-,23+,24-,25+,26+,28+,29+,31-/m1/s1. The first-order valence-electron chi connectivity index (χ1n) is 14.8. The third-order valence-electron chi connectivity index (χ3n) is 11.6. The van der Waals surface area contributed by atoms with E-state index in [4.69, 9.17) is 14.2 Å². The number of allylic oxidation sites excluding steroid dienone is 1. The summed E-state index contributed by atoms with van der Waals surface area (Å²) in [4.78, 5) is 25.5. The molecule has 0 amide bonds. The third kappa shape index (κ3) is 4.07. The Morgan fingerprint density at radius 3 is 2.46 bits per heavy atom. The van der Waals surface area contributed by atoms with Crippen LogP contribution in [0.4, 0.5) is 0 Å². The highest BCUT2D eigenvalue weighted by Gasteiger charge is 2.71. The third-order valence-corrected chi connectivity index (χ3v) is 11.6. The molecule has 37 heavy (non-hydrogen) atoms. The smallest absolute Gasteiger partial charge is 0.302 e. The second-order valence-electron chi connectivity index (χ2n) is 13.7. The molecule has 0 aromatic carbocycles. The number of aliphatic hydroxyl groups is 1. The van der Waals surface area contributed by atoms with E-state index in [0.717, 1.165) is 44.9 Å². The predicted molar refractivity (Wildman–Crippen MR) is 140 cm³/mol.